The Bertz CT molecular complexity index is 1110. The average Bonchev–Trinajstić information content (AvgIpc) is 2.71. The molecule has 1 N–H and O–H groups in total. The van der Waals surface area contributed by atoms with Crippen LogP contribution in [-0.4, -0.2) is 17.7 Å². The number of nitriles is 1. The molecule has 0 unspecified atom stereocenters. The van der Waals surface area contributed by atoms with E-state index in [1.54, 1.807) is 18.2 Å². The summed E-state index contributed by atoms with van der Waals surface area (Å²) in [6.45, 7) is 0.119. The monoisotopic (exact) mass is 353 g/mol. The summed E-state index contributed by atoms with van der Waals surface area (Å²) >= 11 is 0. The molecule has 0 fully saturated rings. The molecular weight excluding hydrogens is 338 g/mol. The number of hydrogen-bond donors (Lipinski definition) is 1. The van der Waals surface area contributed by atoms with E-state index in [1.165, 1.54) is 12.1 Å². The molecule has 3 aromatic carbocycles. The highest BCUT2D eigenvalue weighted by Crippen LogP contribution is 2.32. The van der Waals surface area contributed by atoms with E-state index >= 15 is 0 Å². The lowest BCUT2D eigenvalue weighted by molar-refractivity contribution is 0.0697. The third kappa shape index (κ3) is 3.81. The van der Waals surface area contributed by atoms with Crippen molar-refractivity contribution < 1.29 is 14.6 Å². The number of allylic oxidation sites excluding steroid dienone is 1. The Balaban J connectivity index is 2.15. The third-order valence-corrected chi connectivity index (χ3v) is 4.09. The normalized spacial score (nSPS) is 10.8. The number of hydrogen-bond acceptors (Lipinski definition) is 3. The van der Waals surface area contributed by atoms with Gasteiger partial charge in [0.05, 0.1) is 17.2 Å². The average molecular weight is 353 g/mol. The zero-order valence-electron chi connectivity index (χ0n) is 14.3. The Kier molecular flexibility index (Phi) is 5.21. The minimum Gasteiger partial charge on any atom is -0.480 e. The molecule has 0 spiro atoms. The summed E-state index contributed by atoms with van der Waals surface area (Å²) in [5.41, 5.74) is 1.94. The lowest BCUT2D eigenvalue weighted by atomic mass is 9.98. The number of rotatable bonds is 5. The second kappa shape index (κ2) is 7.91. The fourth-order valence-electron chi connectivity index (χ4n) is 2.79. The van der Waals surface area contributed by atoms with Crippen LogP contribution >= 0.6 is 0 Å². The van der Waals surface area contributed by atoms with Gasteiger partial charge < -0.3 is 9.84 Å². The standard InChI is InChI=1S/C23H15NO3/c1-2-13-27-22-12-11-17-5-3-4-6-20(17)21(22)14-19(15-24)16-7-9-18(10-8-16)23(25)26/h1,3-12,14H,13H2,(H,25,26). The molecule has 0 amide bonds. The van der Waals surface area contributed by atoms with E-state index in [9.17, 15) is 10.1 Å². The van der Waals surface area contributed by atoms with Crippen molar-refractivity contribution in [2.45, 2.75) is 0 Å². The molecule has 27 heavy (non-hydrogen) atoms. The van der Waals surface area contributed by atoms with Crippen LogP contribution in [0.4, 0.5) is 0 Å². The molecule has 0 aliphatic heterocycles. The third-order valence-electron chi connectivity index (χ3n) is 4.09. The van der Waals surface area contributed by atoms with E-state index in [0.29, 0.717) is 16.9 Å². The number of ether oxygens (including phenoxy) is 1. The summed E-state index contributed by atoms with van der Waals surface area (Å²) in [6.07, 6.45) is 7.05. The Morgan fingerprint density at radius 2 is 1.78 bits per heavy atom. The molecule has 0 radical (unpaired) electrons. The van der Waals surface area contributed by atoms with E-state index in [0.717, 1.165) is 16.3 Å². The van der Waals surface area contributed by atoms with Crippen molar-refractivity contribution >= 4 is 28.4 Å². The maximum Gasteiger partial charge on any atom is 0.335 e. The van der Waals surface area contributed by atoms with E-state index < -0.39 is 5.97 Å². The smallest absolute Gasteiger partial charge is 0.335 e. The van der Waals surface area contributed by atoms with Gasteiger partial charge >= 0.3 is 5.97 Å². The number of nitrogens with zero attached hydrogens (tertiary/aromatic N) is 1. The highest BCUT2D eigenvalue weighted by atomic mass is 16.5. The minimum atomic E-state index is -1.01. The summed E-state index contributed by atoms with van der Waals surface area (Å²) in [5.74, 6) is 2.02. The van der Waals surface area contributed by atoms with Crippen molar-refractivity contribution in [2.24, 2.45) is 0 Å². The lowest BCUT2D eigenvalue weighted by Gasteiger charge is -2.11. The van der Waals surface area contributed by atoms with Gasteiger partial charge in [0, 0.05) is 5.56 Å². The fourth-order valence-corrected chi connectivity index (χ4v) is 2.79. The molecule has 130 valence electrons. The van der Waals surface area contributed by atoms with Crippen molar-refractivity contribution in [3.8, 4) is 24.2 Å². The molecule has 3 aromatic rings. The molecule has 0 saturated carbocycles. The van der Waals surface area contributed by atoms with Crippen molar-refractivity contribution in [1.29, 1.82) is 5.26 Å². The number of carboxylic acids is 1. The van der Waals surface area contributed by atoms with Crippen LogP contribution in [0, 0.1) is 23.7 Å². The Hall–Kier alpha value is -4.02. The summed E-state index contributed by atoms with van der Waals surface area (Å²) in [6, 6.07) is 19.9. The van der Waals surface area contributed by atoms with Gasteiger partial charge in [0.15, 0.2) is 0 Å². The van der Waals surface area contributed by atoms with Crippen LogP contribution in [-0.2, 0) is 0 Å². The Morgan fingerprint density at radius 1 is 1.07 bits per heavy atom. The molecule has 3 rings (SSSR count). The van der Waals surface area contributed by atoms with Crippen molar-refractivity contribution in [1.82, 2.24) is 0 Å². The van der Waals surface area contributed by atoms with Crippen LogP contribution in [0.25, 0.3) is 22.4 Å². The van der Waals surface area contributed by atoms with E-state index in [4.69, 9.17) is 16.3 Å². The van der Waals surface area contributed by atoms with E-state index in [2.05, 4.69) is 12.0 Å². The second-order valence-electron chi connectivity index (χ2n) is 5.74. The van der Waals surface area contributed by atoms with Gasteiger partial charge in [0.2, 0.25) is 0 Å². The quantitative estimate of drug-likeness (QED) is 0.413. The van der Waals surface area contributed by atoms with Crippen molar-refractivity contribution in [2.75, 3.05) is 6.61 Å². The number of terminal acetylenes is 1. The Labute approximate surface area is 156 Å². The van der Waals surface area contributed by atoms with Crippen LogP contribution in [0.5, 0.6) is 5.75 Å². The molecule has 0 bridgehead atoms. The van der Waals surface area contributed by atoms with E-state index in [-0.39, 0.29) is 12.2 Å². The number of carbonyl (C=O) groups is 1. The zero-order valence-corrected chi connectivity index (χ0v) is 14.3. The number of fused-ring (bicyclic) bond motifs is 1. The first-order chi connectivity index (χ1) is 13.1. The molecule has 0 atom stereocenters. The second-order valence-corrected chi connectivity index (χ2v) is 5.74. The molecular formula is C23H15NO3. The highest BCUT2D eigenvalue weighted by Gasteiger charge is 2.10. The van der Waals surface area contributed by atoms with Crippen LogP contribution in [0.3, 0.4) is 0 Å². The summed E-state index contributed by atoms with van der Waals surface area (Å²) in [7, 11) is 0. The SMILES string of the molecule is C#CCOc1ccc2ccccc2c1C=C(C#N)c1ccc(C(=O)O)cc1. The topological polar surface area (TPSA) is 70.3 Å². The van der Waals surface area contributed by atoms with Crippen LogP contribution in [0.1, 0.15) is 21.5 Å². The predicted octanol–water partition coefficient (Wildman–Crippen LogP) is 4.61. The van der Waals surface area contributed by atoms with Gasteiger partial charge in [-0.25, -0.2) is 4.79 Å². The molecule has 0 saturated heterocycles. The summed E-state index contributed by atoms with van der Waals surface area (Å²) in [5, 5.41) is 20.6. The number of carboxylic acid groups (broad SMARTS) is 1. The summed E-state index contributed by atoms with van der Waals surface area (Å²) < 4.78 is 5.66. The van der Waals surface area contributed by atoms with Crippen molar-refractivity contribution in [3.05, 3.63) is 77.4 Å². The van der Waals surface area contributed by atoms with Gasteiger partial charge in [0.1, 0.15) is 12.4 Å². The van der Waals surface area contributed by atoms with Crippen LogP contribution in [0.15, 0.2) is 60.7 Å². The first kappa shape index (κ1) is 17.8. The highest BCUT2D eigenvalue weighted by molar-refractivity contribution is 6.00. The van der Waals surface area contributed by atoms with Crippen LogP contribution < -0.4 is 4.74 Å². The largest absolute Gasteiger partial charge is 0.480 e. The molecule has 0 aromatic heterocycles. The molecule has 4 heteroatoms. The molecule has 0 aliphatic carbocycles. The zero-order chi connectivity index (χ0) is 19.2. The maximum atomic E-state index is 11.0. The first-order valence-corrected chi connectivity index (χ1v) is 8.17. The number of benzene rings is 3. The molecule has 0 heterocycles. The molecule has 0 aliphatic rings. The first-order valence-electron chi connectivity index (χ1n) is 8.17. The number of aromatic carboxylic acids is 1. The van der Waals surface area contributed by atoms with Gasteiger partial charge in [-0.1, -0.05) is 48.4 Å². The fraction of sp³-hybridized carbons (Fsp3) is 0.0435. The van der Waals surface area contributed by atoms with E-state index in [1.807, 2.05) is 36.4 Å². The molecule has 4 nitrogen and oxygen atoms in total. The van der Waals surface area contributed by atoms with Gasteiger partial charge in [0.25, 0.3) is 0 Å². The van der Waals surface area contributed by atoms with Gasteiger partial charge in [-0.2, -0.15) is 5.26 Å². The maximum absolute atomic E-state index is 11.0. The summed E-state index contributed by atoms with van der Waals surface area (Å²) in [4.78, 5) is 11.0. The Morgan fingerprint density at radius 3 is 2.44 bits per heavy atom. The van der Waals surface area contributed by atoms with Crippen molar-refractivity contribution in [3.63, 3.8) is 0 Å². The van der Waals surface area contributed by atoms with Gasteiger partial charge in [-0.3, -0.25) is 0 Å². The van der Waals surface area contributed by atoms with Gasteiger partial charge in [-0.15, -0.1) is 6.42 Å². The predicted molar refractivity (Wildman–Crippen MR) is 105 cm³/mol. The minimum absolute atomic E-state index is 0.119. The lowest BCUT2D eigenvalue weighted by Crippen LogP contribution is -1.97. The van der Waals surface area contributed by atoms with Crippen LogP contribution in [0.2, 0.25) is 0 Å². The van der Waals surface area contributed by atoms with Gasteiger partial charge in [-0.05, 0) is 40.6 Å².